The number of aliphatic hydroxyl groups is 1. The molecule has 1 unspecified atom stereocenters. The number of nitrogens with one attached hydrogen (secondary N) is 4. The number of hydrogen-bond acceptors (Lipinski definition) is 7. The van der Waals surface area contributed by atoms with Crippen molar-refractivity contribution >= 4 is 41.5 Å². The highest BCUT2D eigenvalue weighted by Crippen LogP contribution is 2.50. The normalized spacial score (nSPS) is 23.3. The molecule has 0 aromatic carbocycles. The van der Waals surface area contributed by atoms with E-state index in [1.807, 2.05) is 13.0 Å². The van der Waals surface area contributed by atoms with Gasteiger partial charge in [0.2, 0.25) is 5.78 Å². The van der Waals surface area contributed by atoms with Crippen molar-refractivity contribution in [2.24, 2.45) is 35.5 Å². The third-order valence-corrected chi connectivity index (χ3v) is 15.2. The van der Waals surface area contributed by atoms with Crippen LogP contribution in [0.25, 0.3) is 23.8 Å². The van der Waals surface area contributed by atoms with Crippen molar-refractivity contribution in [3.8, 4) is 0 Å². The van der Waals surface area contributed by atoms with Crippen molar-refractivity contribution in [3.05, 3.63) is 78.2 Å². The van der Waals surface area contributed by atoms with Gasteiger partial charge in [0, 0.05) is 63.0 Å². The highest BCUT2D eigenvalue weighted by atomic mass is 16.5. The van der Waals surface area contributed by atoms with E-state index in [0.29, 0.717) is 41.6 Å². The minimum absolute atomic E-state index is 0.137. The van der Waals surface area contributed by atoms with Crippen molar-refractivity contribution in [1.82, 2.24) is 20.3 Å². The number of hydrogen-bond donors (Lipinski definition) is 5. The van der Waals surface area contributed by atoms with E-state index in [9.17, 15) is 19.5 Å². The van der Waals surface area contributed by atoms with Gasteiger partial charge in [-0.25, -0.2) is 4.79 Å². The lowest BCUT2D eigenvalue weighted by Gasteiger charge is -2.25. The number of fused-ring (bicyclic) bond motifs is 7. The van der Waals surface area contributed by atoms with Crippen LogP contribution in [0.5, 0.6) is 0 Å². The van der Waals surface area contributed by atoms with E-state index in [1.54, 1.807) is 0 Å². The van der Waals surface area contributed by atoms with Gasteiger partial charge in [0.15, 0.2) is 0 Å². The van der Waals surface area contributed by atoms with Crippen LogP contribution in [0.4, 0.5) is 0 Å². The minimum Gasteiger partial charge on any atom is -0.466 e. The minimum atomic E-state index is -2.59. The van der Waals surface area contributed by atoms with Crippen LogP contribution in [0.15, 0.2) is 11.4 Å². The lowest BCUT2D eigenvalue weighted by molar-refractivity contribution is -0.152. The van der Waals surface area contributed by atoms with Crippen LogP contribution >= 0.6 is 0 Å². The van der Waals surface area contributed by atoms with Gasteiger partial charge in [-0.3, -0.25) is 9.59 Å². The van der Waals surface area contributed by atoms with E-state index in [4.69, 9.17) is 9.47 Å². The fourth-order valence-corrected chi connectivity index (χ4v) is 10.9. The van der Waals surface area contributed by atoms with Crippen LogP contribution in [0.1, 0.15) is 193 Å². The Morgan fingerprint density at radius 1 is 0.738 bits per heavy atom. The molecule has 1 aliphatic carbocycles. The second kappa shape index (κ2) is 21.4. The van der Waals surface area contributed by atoms with Crippen LogP contribution in [0, 0.1) is 56.3 Å². The van der Waals surface area contributed by atoms with Gasteiger partial charge < -0.3 is 34.8 Å². The van der Waals surface area contributed by atoms with Crippen LogP contribution in [0.3, 0.4) is 0 Å². The second-order valence-corrected chi connectivity index (χ2v) is 20.5. The molecule has 0 amide bonds. The molecule has 0 spiro atoms. The first-order valence-electron chi connectivity index (χ1n) is 25.0. The zero-order valence-corrected chi connectivity index (χ0v) is 41.8. The number of carbonyl (C=O) groups excluding carboxylic acids is 3. The first-order valence-corrected chi connectivity index (χ1v) is 25.0. The molecule has 0 radical (unpaired) electrons. The van der Waals surface area contributed by atoms with Crippen LogP contribution < -0.4 is 16.0 Å². The SMILES string of the molecule is CCc1c2[nH]c(c1C)/C=C1\N/C(=C3\c4[nH]c(c(C)c4C(=O)[C@]3(O)C(=O)OC)/C=c3\[nH]/c(c(C)c3CC)=C\2)[C@@H](CCC(=O)OCCC(C)CCC[C@H](C)CCC[C@H](C)CCCC(C)C)[C@@H]1C. The number of carbonyl (C=O) groups is 3. The average molecular weight is 893 g/mol. The zero-order valence-electron chi connectivity index (χ0n) is 41.8. The molecule has 3 aliphatic rings. The number of methoxy groups -OCH3 is 1. The first-order chi connectivity index (χ1) is 30.9. The molecule has 5 heterocycles. The van der Waals surface area contributed by atoms with Gasteiger partial charge >= 0.3 is 11.9 Å². The van der Waals surface area contributed by atoms with E-state index in [2.05, 4.69) is 102 Å². The Kier molecular flexibility index (Phi) is 16.4. The fraction of sp³-hybridized carbons (Fsp3) is 0.618. The lowest BCUT2D eigenvalue weighted by Crippen LogP contribution is -2.46. The standard InChI is InChI=1S/C55H80N4O6/c1-13-39-35(8)42-28-44-37(10)41(24-25-48(60)65-27-26-34(7)23-17-22-33(6)21-16-20-32(5)19-15-18-31(3)4)51(58-44)50-52-49(53(61)55(50,63)54(62)64-12)38(11)45(59-52)30-47-40(14-2)36(9)43(57-47)29-46(39)56-42/h28-34,37,41,56-59,63H,13-27H2,1-12H3/b43-29-,44-28-,47-30-,51-50+/t32-,33-,34?,37+,41+,55+/m1/s1. The number of rotatable bonds is 21. The summed E-state index contributed by atoms with van der Waals surface area (Å²) in [6, 6.07) is 0. The number of aromatic amines is 3. The largest absolute Gasteiger partial charge is 0.466 e. The summed E-state index contributed by atoms with van der Waals surface area (Å²) in [5.41, 5.74) is 7.52. The van der Waals surface area contributed by atoms with Crippen molar-refractivity contribution in [3.63, 3.8) is 0 Å². The number of H-pyrrole nitrogens is 3. The van der Waals surface area contributed by atoms with Gasteiger partial charge in [-0.2, -0.15) is 0 Å². The molecule has 2 aliphatic heterocycles. The summed E-state index contributed by atoms with van der Waals surface area (Å²) in [6.07, 6.45) is 20.8. The molecule has 3 aromatic heterocycles. The smallest absolute Gasteiger partial charge is 0.351 e. The summed E-state index contributed by atoms with van der Waals surface area (Å²) in [7, 11) is 1.18. The van der Waals surface area contributed by atoms with Gasteiger partial charge in [0.1, 0.15) is 0 Å². The fourth-order valence-electron chi connectivity index (χ4n) is 10.9. The maximum absolute atomic E-state index is 14.5. The Bertz CT molecular complexity index is 2410. The summed E-state index contributed by atoms with van der Waals surface area (Å²) >= 11 is 0. The van der Waals surface area contributed by atoms with Crippen LogP contribution in [-0.2, 0) is 31.9 Å². The van der Waals surface area contributed by atoms with Gasteiger partial charge in [0.05, 0.1) is 25.0 Å². The van der Waals surface area contributed by atoms with Crippen LogP contribution in [0.2, 0.25) is 0 Å². The lowest BCUT2D eigenvalue weighted by atomic mass is 9.83. The summed E-state index contributed by atoms with van der Waals surface area (Å²) in [4.78, 5) is 52.5. The molecule has 3 aromatic rings. The number of ether oxygens (including phenoxy) is 2. The molecule has 8 bridgehead atoms. The van der Waals surface area contributed by atoms with Gasteiger partial charge in [0.25, 0.3) is 5.60 Å². The third-order valence-electron chi connectivity index (χ3n) is 15.2. The number of ketones is 1. The molecule has 1 fully saturated rings. The molecule has 65 heavy (non-hydrogen) atoms. The maximum Gasteiger partial charge on any atom is 0.351 e. The summed E-state index contributed by atoms with van der Waals surface area (Å²) in [5.74, 6) is 0.206. The Balaban J connectivity index is 1.21. The molecular weight excluding hydrogens is 813 g/mol. The number of Topliss-reactive ketones (excluding diaryl/α,β-unsaturated/α-hetero) is 1. The van der Waals surface area contributed by atoms with Crippen molar-refractivity contribution in [2.45, 2.75) is 172 Å². The Morgan fingerprint density at radius 2 is 1.32 bits per heavy atom. The molecule has 6 atom stereocenters. The Hall–Kier alpha value is -4.57. The predicted octanol–water partition coefficient (Wildman–Crippen LogP) is 10.2. The molecule has 5 N–H and O–H groups in total. The molecule has 10 nitrogen and oxygen atoms in total. The Morgan fingerprint density at radius 3 is 1.92 bits per heavy atom. The van der Waals surface area contributed by atoms with E-state index in [0.717, 1.165) is 87.9 Å². The van der Waals surface area contributed by atoms with E-state index in [1.165, 1.54) is 64.0 Å². The maximum atomic E-state index is 14.5. The average Bonchev–Trinajstić information content (AvgIpc) is 3.99. The van der Waals surface area contributed by atoms with Crippen LogP contribution in [-0.4, -0.2) is 57.1 Å². The van der Waals surface area contributed by atoms with E-state index in [-0.39, 0.29) is 35.4 Å². The van der Waals surface area contributed by atoms with E-state index < -0.39 is 17.4 Å². The monoisotopic (exact) mass is 893 g/mol. The van der Waals surface area contributed by atoms with Crippen molar-refractivity contribution < 1.29 is 29.0 Å². The molecule has 0 saturated carbocycles. The summed E-state index contributed by atoms with van der Waals surface area (Å²) < 4.78 is 11.0. The topological polar surface area (TPSA) is 149 Å². The molecule has 10 heteroatoms. The number of esters is 2. The summed E-state index contributed by atoms with van der Waals surface area (Å²) in [6.45, 7) is 24.5. The summed E-state index contributed by atoms with van der Waals surface area (Å²) in [5, 5.41) is 17.9. The Labute approximate surface area is 388 Å². The zero-order chi connectivity index (χ0) is 47.3. The van der Waals surface area contributed by atoms with Gasteiger partial charge in [-0.15, -0.1) is 0 Å². The molecular formula is C55H80N4O6. The second-order valence-electron chi connectivity index (χ2n) is 20.5. The van der Waals surface area contributed by atoms with Gasteiger partial charge in [-0.1, -0.05) is 113 Å². The number of aromatic nitrogens is 3. The quantitative estimate of drug-likeness (QED) is 0.0528. The first kappa shape index (κ1) is 49.9. The molecule has 6 rings (SSSR count). The molecule has 356 valence electrons. The number of allylic oxidation sites excluding steroid dienone is 2. The highest BCUT2D eigenvalue weighted by molar-refractivity contribution is 6.31. The van der Waals surface area contributed by atoms with E-state index >= 15 is 0 Å². The van der Waals surface area contributed by atoms with Gasteiger partial charge in [-0.05, 0) is 116 Å². The highest BCUT2D eigenvalue weighted by Gasteiger charge is 2.59. The van der Waals surface area contributed by atoms with Crippen molar-refractivity contribution in [1.29, 1.82) is 0 Å². The third kappa shape index (κ3) is 10.5. The molecule has 1 saturated heterocycles. The van der Waals surface area contributed by atoms with Crippen molar-refractivity contribution in [2.75, 3.05) is 13.7 Å². The predicted molar refractivity (Wildman–Crippen MR) is 262 cm³/mol.